The first kappa shape index (κ1) is 18.1. The van der Waals surface area contributed by atoms with Crippen LogP contribution in [0.1, 0.15) is 0 Å². The molecule has 9 nitrogen and oxygen atoms in total. The zero-order chi connectivity index (χ0) is 17.6. The van der Waals surface area contributed by atoms with Gasteiger partial charge >= 0.3 is 0 Å². The van der Waals surface area contributed by atoms with Gasteiger partial charge in [0, 0.05) is 65.4 Å². The number of rotatable bonds is 6. The van der Waals surface area contributed by atoms with E-state index < -0.39 is 0 Å². The van der Waals surface area contributed by atoms with Gasteiger partial charge in [-0.3, -0.25) is 9.80 Å². The molecule has 0 amide bonds. The zero-order valence-corrected chi connectivity index (χ0v) is 14.7. The number of β-amino-alcohol motifs (C(OH)–C–C–N with tert-alkyl or cyclic N) is 2. The van der Waals surface area contributed by atoms with Gasteiger partial charge < -0.3 is 25.7 Å². The summed E-state index contributed by atoms with van der Waals surface area (Å²) in [6, 6.07) is 0. The van der Waals surface area contributed by atoms with Crippen molar-refractivity contribution in [3.8, 4) is 0 Å². The van der Waals surface area contributed by atoms with Crippen LogP contribution in [-0.4, -0.2) is 109 Å². The number of aliphatic hydroxyl groups is 2. The topological polar surface area (TPSA) is 105 Å². The van der Waals surface area contributed by atoms with Gasteiger partial charge in [0.25, 0.3) is 0 Å². The quantitative estimate of drug-likeness (QED) is 0.552. The fraction of sp³-hybridized carbons (Fsp3) is 0.750. The van der Waals surface area contributed by atoms with Gasteiger partial charge in [-0.2, -0.15) is 0 Å². The molecule has 9 heteroatoms. The third-order valence-corrected chi connectivity index (χ3v) is 5.02. The summed E-state index contributed by atoms with van der Waals surface area (Å²) in [5.41, 5.74) is 7.06. The lowest BCUT2D eigenvalue weighted by atomic mass is 10.2. The van der Waals surface area contributed by atoms with Crippen LogP contribution in [0.4, 0.5) is 17.3 Å². The first-order chi connectivity index (χ1) is 12.2. The predicted octanol–water partition coefficient (Wildman–Crippen LogP) is -1.71. The van der Waals surface area contributed by atoms with Gasteiger partial charge in [0.05, 0.1) is 13.2 Å². The Morgan fingerprint density at radius 2 is 1.16 bits per heavy atom. The number of nitrogens with zero attached hydrogens (tertiary/aromatic N) is 6. The molecule has 0 aliphatic carbocycles. The molecule has 0 radical (unpaired) electrons. The lowest BCUT2D eigenvalue weighted by Gasteiger charge is -2.37. The molecule has 3 rings (SSSR count). The summed E-state index contributed by atoms with van der Waals surface area (Å²) in [6.07, 6.45) is 1.60. The van der Waals surface area contributed by atoms with E-state index in [1.807, 2.05) is 0 Å². The van der Waals surface area contributed by atoms with Crippen LogP contribution < -0.4 is 15.5 Å². The van der Waals surface area contributed by atoms with Gasteiger partial charge in [-0.15, -0.1) is 0 Å². The minimum absolute atomic E-state index is 0.196. The second kappa shape index (κ2) is 8.61. The van der Waals surface area contributed by atoms with Gasteiger partial charge in [-0.05, 0) is 0 Å². The molecule has 140 valence electrons. The standard InChI is InChI=1S/C16H29N7O2/c17-14-15(22-5-1-20(2-6-22)9-11-24)18-13-19-16(14)23-7-3-21(4-8-23)10-12-25/h13,24-25H,1-12,17H2. The second-order valence-corrected chi connectivity index (χ2v) is 6.54. The van der Waals surface area contributed by atoms with Gasteiger partial charge in [0.15, 0.2) is 11.6 Å². The lowest BCUT2D eigenvalue weighted by Crippen LogP contribution is -2.48. The molecule has 2 aliphatic heterocycles. The highest BCUT2D eigenvalue weighted by atomic mass is 16.3. The fourth-order valence-corrected chi connectivity index (χ4v) is 3.53. The molecule has 0 spiro atoms. The highest BCUT2D eigenvalue weighted by molar-refractivity contribution is 5.76. The molecular weight excluding hydrogens is 322 g/mol. The smallest absolute Gasteiger partial charge is 0.157 e. The van der Waals surface area contributed by atoms with Gasteiger partial charge in [0.2, 0.25) is 0 Å². The van der Waals surface area contributed by atoms with Crippen molar-refractivity contribution in [3.05, 3.63) is 6.33 Å². The first-order valence-electron chi connectivity index (χ1n) is 8.99. The Bertz CT molecular complexity index is 499. The van der Waals surface area contributed by atoms with Crippen LogP contribution in [0, 0.1) is 0 Å². The molecule has 4 N–H and O–H groups in total. The summed E-state index contributed by atoms with van der Waals surface area (Å²) in [7, 11) is 0. The highest BCUT2D eigenvalue weighted by Crippen LogP contribution is 2.30. The second-order valence-electron chi connectivity index (χ2n) is 6.54. The summed E-state index contributed by atoms with van der Waals surface area (Å²) in [6.45, 7) is 8.85. The number of hydrogen-bond donors (Lipinski definition) is 3. The number of hydrogen-bond acceptors (Lipinski definition) is 9. The Kier molecular flexibility index (Phi) is 6.24. The van der Waals surface area contributed by atoms with E-state index in [0.29, 0.717) is 5.69 Å². The number of aliphatic hydroxyl groups excluding tert-OH is 2. The van der Waals surface area contributed by atoms with E-state index in [4.69, 9.17) is 15.9 Å². The number of nitrogen functional groups attached to an aromatic ring is 1. The number of nitrogens with two attached hydrogens (primary N) is 1. The molecule has 25 heavy (non-hydrogen) atoms. The van der Waals surface area contributed by atoms with Gasteiger partial charge in [0.1, 0.15) is 12.0 Å². The molecule has 1 aromatic rings. The van der Waals surface area contributed by atoms with Crippen molar-refractivity contribution in [2.24, 2.45) is 0 Å². The molecule has 0 saturated carbocycles. The van der Waals surface area contributed by atoms with Crippen LogP contribution in [0.2, 0.25) is 0 Å². The van der Waals surface area contributed by atoms with Crippen molar-refractivity contribution in [2.75, 3.05) is 94.2 Å². The average Bonchev–Trinajstić information content (AvgIpc) is 2.64. The Morgan fingerprint density at radius 3 is 1.52 bits per heavy atom. The molecule has 2 aliphatic rings. The third kappa shape index (κ3) is 4.30. The summed E-state index contributed by atoms with van der Waals surface area (Å²) in [5.74, 6) is 1.62. The molecule has 3 heterocycles. The molecule has 0 atom stereocenters. The maximum Gasteiger partial charge on any atom is 0.157 e. The van der Waals surface area contributed by atoms with Gasteiger partial charge in [-0.25, -0.2) is 9.97 Å². The van der Waals surface area contributed by atoms with Crippen LogP contribution >= 0.6 is 0 Å². The van der Waals surface area contributed by atoms with Gasteiger partial charge in [-0.1, -0.05) is 0 Å². The van der Waals surface area contributed by atoms with Crippen LogP contribution in [0.3, 0.4) is 0 Å². The SMILES string of the molecule is Nc1c(N2CCN(CCO)CC2)ncnc1N1CCN(CCO)CC1. The number of anilines is 3. The molecule has 1 aromatic heterocycles. The minimum Gasteiger partial charge on any atom is -0.395 e. The summed E-state index contributed by atoms with van der Waals surface area (Å²) in [5, 5.41) is 18.1. The average molecular weight is 351 g/mol. The Morgan fingerprint density at radius 1 is 0.760 bits per heavy atom. The molecule has 0 bridgehead atoms. The van der Waals surface area contributed by atoms with Crippen molar-refractivity contribution in [3.63, 3.8) is 0 Å². The monoisotopic (exact) mass is 351 g/mol. The van der Waals surface area contributed by atoms with E-state index in [-0.39, 0.29) is 13.2 Å². The minimum atomic E-state index is 0.196. The Balaban J connectivity index is 1.65. The molecule has 2 saturated heterocycles. The largest absolute Gasteiger partial charge is 0.395 e. The van der Waals surface area contributed by atoms with Crippen LogP contribution in [0.25, 0.3) is 0 Å². The van der Waals surface area contributed by atoms with Crippen LogP contribution in [-0.2, 0) is 0 Å². The molecule has 0 unspecified atom stereocenters. The zero-order valence-electron chi connectivity index (χ0n) is 14.7. The fourth-order valence-electron chi connectivity index (χ4n) is 3.53. The van der Waals surface area contributed by atoms with E-state index in [9.17, 15) is 0 Å². The summed E-state index contributed by atoms with van der Waals surface area (Å²) in [4.78, 5) is 17.7. The van der Waals surface area contributed by atoms with Crippen molar-refractivity contribution < 1.29 is 10.2 Å². The van der Waals surface area contributed by atoms with E-state index in [1.165, 1.54) is 0 Å². The number of piperazine rings is 2. The first-order valence-corrected chi connectivity index (χ1v) is 8.99. The predicted molar refractivity (Wildman–Crippen MR) is 97.9 cm³/mol. The van der Waals surface area contributed by atoms with E-state index in [0.717, 1.165) is 77.1 Å². The number of aromatic nitrogens is 2. The van der Waals surface area contributed by atoms with Crippen molar-refractivity contribution in [1.82, 2.24) is 19.8 Å². The third-order valence-electron chi connectivity index (χ3n) is 5.02. The van der Waals surface area contributed by atoms with Crippen LogP contribution in [0.15, 0.2) is 6.33 Å². The maximum atomic E-state index is 9.06. The van der Waals surface area contributed by atoms with E-state index in [1.54, 1.807) is 6.33 Å². The van der Waals surface area contributed by atoms with E-state index >= 15 is 0 Å². The van der Waals surface area contributed by atoms with Crippen LogP contribution in [0.5, 0.6) is 0 Å². The maximum absolute atomic E-state index is 9.06. The molecule has 2 fully saturated rings. The van der Waals surface area contributed by atoms with Crippen molar-refractivity contribution in [1.29, 1.82) is 0 Å². The van der Waals surface area contributed by atoms with Crippen molar-refractivity contribution in [2.45, 2.75) is 0 Å². The molecule has 0 aromatic carbocycles. The van der Waals surface area contributed by atoms with E-state index in [2.05, 4.69) is 29.6 Å². The Labute approximate surface area is 148 Å². The highest BCUT2D eigenvalue weighted by Gasteiger charge is 2.24. The van der Waals surface area contributed by atoms with Crippen molar-refractivity contribution >= 4 is 17.3 Å². The summed E-state index contributed by atoms with van der Waals surface area (Å²) >= 11 is 0. The summed E-state index contributed by atoms with van der Waals surface area (Å²) < 4.78 is 0. The lowest BCUT2D eigenvalue weighted by molar-refractivity contribution is 0.188. The normalized spacial score (nSPS) is 20.2. The molecular formula is C16H29N7O2. The Hall–Kier alpha value is -1.68.